The second-order valence-electron chi connectivity index (χ2n) is 6.07. The lowest BCUT2D eigenvalue weighted by Gasteiger charge is -2.12. The molecule has 0 aliphatic heterocycles. The van der Waals surface area contributed by atoms with Crippen LogP contribution in [-0.4, -0.2) is 33.3 Å². The molecule has 2 aromatic carbocycles. The first-order chi connectivity index (χ1) is 12.7. The average molecular weight is 355 g/mol. The highest BCUT2D eigenvalue weighted by atomic mass is 16.5. The Balaban J connectivity index is 1.60. The maximum Gasteiger partial charge on any atom is 0.191 e. The van der Waals surface area contributed by atoms with Crippen LogP contribution in [0.1, 0.15) is 24.0 Å². The molecule has 0 atom stereocenters. The Labute approximate surface area is 156 Å². The van der Waals surface area contributed by atoms with Crippen molar-refractivity contribution in [1.29, 1.82) is 0 Å². The molecule has 5 heteroatoms. The average Bonchev–Trinajstić information content (AvgIpc) is 2.68. The summed E-state index contributed by atoms with van der Waals surface area (Å²) in [5.74, 6) is 2.59. The fourth-order valence-corrected chi connectivity index (χ4v) is 2.45. The molecule has 26 heavy (non-hydrogen) atoms. The van der Waals surface area contributed by atoms with E-state index in [9.17, 15) is 0 Å². The number of methoxy groups -OCH3 is 1. The third kappa shape index (κ3) is 7.05. The van der Waals surface area contributed by atoms with E-state index in [2.05, 4.69) is 40.7 Å². The molecule has 2 N–H and O–H groups in total. The van der Waals surface area contributed by atoms with Gasteiger partial charge in [0.05, 0.1) is 13.7 Å². The maximum atomic E-state index is 5.74. The van der Waals surface area contributed by atoms with E-state index in [1.54, 1.807) is 14.2 Å². The van der Waals surface area contributed by atoms with Crippen molar-refractivity contribution >= 4 is 5.96 Å². The van der Waals surface area contributed by atoms with Crippen LogP contribution in [0.3, 0.4) is 0 Å². The van der Waals surface area contributed by atoms with Crippen LogP contribution in [0.2, 0.25) is 0 Å². The van der Waals surface area contributed by atoms with Gasteiger partial charge in [0.15, 0.2) is 5.96 Å². The van der Waals surface area contributed by atoms with Gasteiger partial charge in [-0.1, -0.05) is 29.8 Å². The Kier molecular flexibility index (Phi) is 8.33. The van der Waals surface area contributed by atoms with E-state index in [1.165, 1.54) is 5.56 Å². The Hall–Kier alpha value is -2.69. The number of aryl methyl sites for hydroxylation is 1. The highest BCUT2D eigenvalue weighted by Crippen LogP contribution is 2.12. The van der Waals surface area contributed by atoms with Crippen LogP contribution >= 0.6 is 0 Å². The smallest absolute Gasteiger partial charge is 0.191 e. The Morgan fingerprint density at radius 2 is 1.81 bits per heavy atom. The minimum Gasteiger partial charge on any atom is -0.497 e. The van der Waals surface area contributed by atoms with Gasteiger partial charge in [0.25, 0.3) is 0 Å². The van der Waals surface area contributed by atoms with Crippen molar-refractivity contribution in [1.82, 2.24) is 10.6 Å². The van der Waals surface area contributed by atoms with Crippen LogP contribution in [0.5, 0.6) is 11.5 Å². The molecule has 2 rings (SSSR count). The molecule has 0 saturated heterocycles. The molecule has 0 aromatic heterocycles. The quantitative estimate of drug-likeness (QED) is 0.410. The van der Waals surface area contributed by atoms with Gasteiger partial charge >= 0.3 is 0 Å². The molecule has 0 heterocycles. The van der Waals surface area contributed by atoms with Crippen molar-refractivity contribution in [3.8, 4) is 11.5 Å². The van der Waals surface area contributed by atoms with E-state index in [-0.39, 0.29) is 0 Å². The summed E-state index contributed by atoms with van der Waals surface area (Å²) in [7, 11) is 3.46. The van der Waals surface area contributed by atoms with Crippen LogP contribution < -0.4 is 20.1 Å². The number of benzene rings is 2. The molecule has 0 fully saturated rings. The van der Waals surface area contributed by atoms with Crippen LogP contribution in [0, 0.1) is 6.92 Å². The Morgan fingerprint density at radius 1 is 1.00 bits per heavy atom. The fraction of sp³-hybridized carbons (Fsp3) is 0.381. The second-order valence-corrected chi connectivity index (χ2v) is 6.07. The Bertz CT molecular complexity index is 684. The first-order valence-electron chi connectivity index (χ1n) is 8.98. The molecule has 0 amide bonds. The molecule has 0 spiro atoms. The molecule has 0 radical (unpaired) electrons. The van der Waals surface area contributed by atoms with E-state index in [0.29, 0.717) is 6.54 Å². The van der Waals surface area contributed by atoms with Gasteiger partial charge in [-0.25, -0.2) is 0 Å². The number of hydrogen-bond donors (Lipinski definition) is 2. The van der Waals surface area contributed by atoms with Gasteiger partial charge in [0.1, 0.15) is 11.5 Å². The van der Waals surface area contributed by atoms with Gasteiger partial charge in [0, 0.05) is 20.1 Å². The third-order valence-corrected chi connectivity index (χ3v) is 3.97. The SMILES string of the molecule is CN=C(NCCCCOc1ccc(C)cc1)NCc1cccc(OC)c1. The molecule has 140 valence electrons. The number of aliphatic imine (C=N–C) groups is 1. The minimum atomic E-state index is 0.702. The highest BCUT2D eigenvalue weighted by Gasteiger charge is 2.00. The summed E-state index contributed by atoms with van der Waals surface area (Å²) in [6.07, 6.45) is 2.01. The van der Waals surface area contributed by atoms with Crippen molar-refractivity contribution < 1.29 is 9.47 Å². The molecule has 0 saturated carbocycles. The number of ether oxygens (including phenoxy) is 2. The minimum absolute atomic E-state index is 0.702. The first kappa shape index (κ1) is 19.6. The van der Waals surface area contributed by atoms with Crippen molar-refractivity contribution in [2.75, 3.05) is 27.3 Å². The van der Waals surface area contributed by atoms with Crippen molar-refractivity contribution in [2.45, 2.75) is 26.3 Å². The maximum absolute atomic E-state index is 5.74. The number of nitrogens with zero attached hydrogens (tertiary/aromatic N) is 1. The lowest BCUT2D eigenvalue weighted by atomic mass is 10.2. The van der Waals surface area contributed by atoms with Crippen LogP contribution in [0.4, 0.5) is 0 Å². The molecule has 2 aromatic rings. The van der Waals surface area contributed by atoms with E-state index < -0.39 is 0 Å². The van der Waals surface area contributed by atoms with Gasteiger partial charge in [-0.2, -0.15) is 0 Å². The summed E-state index contributed by atoms with van der Waals surface area (Å²) >= 11 is 0. The van der Waals surface area contributed by atoms with E-state index in [0.717, 1.165) is 49.0 Å². The predicted molar refractivity (Wildman–Crippen MR) is 107 cm³/mol. The third-order valence-electron chi connectivity index (χ3n) is 3.97. The zero-order chi connectivity index (χ0) is 18.6. The molecule has 0 aliphatic rings. The monoisotopic (exact) mass is 355 g/mol. The number of hydrogen-bond acceptors (Lipinski definition) is 3. The first-order valence-corrected chi connectivity index (χ1v) is 8.98. The molecular formula is C21H29N3O2. The lowest BCUT2D eigenvalue weighted by molar-refractivity contribution is 0.307. The topological polar surface area (TPSA) is 54.9 Å². The fourth-order valence-electron chi connectivity index (χ4n) is 2.45. The summed E-state index contributed by atoms with van der Waals surface area (Å²) in [6, 6.07) is 16.2. The number of rotatable bonds is 9. The molecular weight excluding hydrogens is 326 g/mol. The summed E-state index contributed by atoms with van der Waals surface area (Å²) in [5, 5.41) is 6.64. The van der Waals surface area contributed by atoms with Gasteiger partial charge in [-0.3, -0.25) is 4.99 Å². The van der Waals surface area contributed by atoms with Gasteiger partial charge in [0.2, 0.25) is 0 Å². The zero-order valence-electron chi connectivity index (χ0n) is 15.9. The highest BCUT2D eigenvalue weighted by molar-refractivity contribution is 5.79. The predicted octanol–water partition coefficient (Wildman–Crippen LogP) is 3.53. The summed E-state index contributed by atoms with van der Waals surface area (Å²) in [4.78, 5) is 4.25. The zero-order valence-corrected chi connectivity index (χ0v) is 15.9. The van der Waals surface area contributed by atoms with E-state index >= 15 is 0 Å². The van der Waals surface area contributed by atoms with Gasteiger partial charge in [-0.15, -0.1) is 0 Å². The summed E-state index contributed by atoms with van der Waals surface area (Å²) in [6.45, 7) is 4.35. The number of unbranched alkanes of at least 4 members (excludes halogenated alkanes) is 1. The second kappa shape index (κ2) is 11.0. The largest absolute Gasteiger partial charge is 0.497 e. The lowest BCUT2D eigenvalue weighted by Crippen LogP contribution is -2.37. The number of nitrogens with one attached hydrogen (secondary N) is 2. The molecule has 5 nitrogen and oxygen atoms in total. The molecule has 0 bridgehead atoms. The molecule has 0 unspecified atom stereocenters. The van der Waals surface area contributed by atoms with Crippen molar-refractivity contribution in [3.05, 3.63) is 59.7 Å². The van der Waals surface area contributed by atoms with Crippen molar-refractivity contribution in [2.24, 2.45) is 4.99 Å². The van der Waals surface area contributed by atoms with Gasteiger partial charge < -0.3 is 20.1 Å². The summed E-state index contributed by atoms with van der Waals surface area (Å²) < 4.78 is 11.0. The van der Waals surface area contributed by atoms with Crippen LogP contribution in [-0.2, 0) is 6.54 Å². The Morgan fingerprint density at radius 3 is 2.54 bits per heavy atom. The summed E-state index contributed by atoms with van der Waals surface area (Å²) in [5.41, 5.74) is 2.40. The molecule has 0 aliphatic carbocycles. The number of guanidine groups is 1. The standard InChI is InChI=1S/C21H29N3O2/c1-17-9-11-19(12-10-17)26-14-5-4-13-23-21(22-2)24-16-18-7-6-8-20(15-18)25-3/h6-12,15H,4-5,13-14,16H2,1-3H3,(H2,22,23,24). The van der Waals surface area contributed by atoms with E-state index in [4.69, 9.17) is 9.47 Å². The normalized spacial score (nSPS) is 11.1. The van der Waals surface area contributed by atoms with E-state index in [1.807, 2.05) is 30.3 Å². The van der Waals surface area contributed by atoms with Gasteiger partial charge in [-0.05, 0) is 49.6 Å². The van der Waals surface area contributed by atoms with Crippen molar-refractivity contribution in [3.63, 3.8) is 0 Å². The van der Waals surface area contributed by atoms with Crippen LogP contribution in [0.25, 0.3) is 0 Å². The van der Waals surface area contributed by atoms with Crippen LogP contribution in [0.15, 0.2) is 53.5 Å².